The Labute approximate surface area is 162 Å². The van der Waals surface area contributed by atoms with Crippen LogP contribution in [0.5, 0.6) is 5.75 Å². The van der Waals surface area contributed by atoms with Gasteiger partial charge in [0.2, 0.25) is 0 Å². The summed E-state index contributed by atoms with van der Waals surface area (Å²) in [5.41, 5.74) is 4.58. The number of thiophene rings is 2. The summed E-state index contributed by atoms with van der Waals surface area (Å²) >= 11 is 3.42. The van der Waals surface area contributed by atoms with Crippen molar-refractivity contribution in [3.63, 3.8) is 0 Å². The van der Waals surface area contributed by atoms with Crippen LogP contribution >= 0.6 is 22.7 Å². The van der Waals surface area contributed by atoms with Gasteiger partial charge in [-0.3, -0.25) is 0 Å². The monoisotopic (exact) mass is 385 g/mol. The molecule has 2 heterocycles. The standard InChI is InChI=1S/C21H23NO2S2/c1-15(21(24)16-4-6-19(23)7-5-16)22-10-2-3-20(17-8-11-25-13-17)18-9-12-26-14-18/h3-9,11-15,21-24H,2,10H2,1H3. The molecule has 0 aliphatic carbocycles. The van der Waals surface area contributed by atoms with E-state index < -0.39 is 6.10 Å². The molecule has 2 atom stereocenters. The van der Waals surface area contributed by atoms with Crippen LogP contribution < -0.4 is 5.32 Å². The molecule has 1 aromatic carbocycles. The van der Waals surface area contributed by atoms with Gasteiger partial charge in [-0.2, -0.15) is 22.7 Å². The van der Waals surface area contributed by atoms with Gasteiger partial charge in [0.15, 0.2) is 0 Å². The van der Waals surface area contributed by atoms with Crippen molar-refractivity contribution in [1.29, 1.82) is 0 Å². The van der Waals surface area contributed by atoms with Crippen LogP contribution in [0.25, 0.3) is 5.57 Å². The summed E-state index contributed by atoms with van der Waals surface area (Å²) in [6, 6.07) is 10.9. The zero-order valence-electron chi connectivity index (χ0n) is 14.6. The minimum atomic E-state index is -0.604. The van der Waals surface area contributed by atoms with E-state index in [1.807, 2.05) is 6.92 Å². The Balaban J connectivity index is 1.57. The first-order chi connectivity index (χ1) is 12.6. The lowest BCUT2D eigenvalue weighted by molar-refractivity contribution is 0.136. The molecule has 0 aliphatic rings. The molecule has 0 aliphatic heterocycles. The molecule has 0 saturated heterocycles. The number of aliphatic hydroxyl groups is 1. The van der Waals surface area contributed by atoms with Crippen molar-refractivity contribution in [3.05, 3.63) is 80.7 Å². The van der Waals surface area contributed by atoms with Crippen molar-refractivity contribution in [2.45, 2.75) is 25.5 Å². The van der Waals surface area contributed by atoms with Crippen LogP contribution in [0.15, 0.2) is 64.0 Å². The van der Waals surface area contributed by atoms with E-state index >= 15 is 0 Å². The summed E-state index contributed by atoms with van der Waals surface area (Å²) in [7, 11) is 0. The second-order valence-corrected chi connectivity index (χ2v) is 7.77. The first-order valence-corrected chi connectivity index (χ1v) is 10.5. The quantitative estimate of drug-likeness (QED) is 0.476. The van der Waals surface area contributed by atoms with Crippen LogP contribution in [0, 0.1) is 0 Å². The molecule has 5 heteroatoms. The summed E-state index contributed by atoms with van der Waals surface area (Å²) in [6.07, 6.45) is 2.54. The number of hydrogen-bond acceptors (Lipinski definition) is 5. The minimum Gasteiger partial charge on any atom is -0.508 e. The van der Waals surface area contributed by atoms with Gasteiger partial charge in [0.1, 0.15) is 5.75 Å². The highest BCUT2D eigenvalue weighted by Gasteiger charge is 2.15. The van der Waals surface area contributed by atoms with Gasteiger partial charge < -0.3 is 15.5 Å². The smallest absolute Gasteiger partial charge is 0.115 e. The molecule has 26 heavy (non-hydrogen) atoms. The van der Waals surface area contributed by atoms with E-state index in [1.165, 1.54) is 16.7 Å². The largest absolute Gasteiger partial charge is 0.508 e. The van der Waals surface area contributed by atoms with Gasteiger partial charge in [-0.15, -0.1) is 0 Å². The molecule has 0 radical (unpaired) electrons. The molecule has 3 rings (SSSR count). The predicted molar refractivity (Wildman–Crippen MR) is 111 cm³/mol. The van der Waals surface area contributed by atoms with E-state index in [1.54, 1.807) is 46.9 Å². The molecule has 2 unspecified atom stereocenters. The van der Waals surface area contributed by atoms with Gasteiger partial charge in [-0.05, 0) is 87.9 Å². The Morgan fingerprint density at radius 1 is 1.04 bits per heavy atom. The lowest BCUT2D eigenvalue weighted by atomic mass is 10.0. The van der Waals surface area contributed by atoms with Crippen LogP contribution in [0.3, 0.4) is 0 Å². The summed E-state index contributed by atoms with van der Waals surface area (Å²) < 4.78 is 0. The van der Waals surface area contributed by atoms with E-state index in [0.29, 0.717) is 0 Å². The number of hydrogen-bond donors (Lipinski definition) is 3. The first-order valence-electron chi connectivity index (χ1n) is 8.61. The van der Waals surface area contributed by atoms with Crippen LogP contribution in [-0.2, 0) is 0 Å². The van der Waals surface area contributed by atoms with Gasteiger partial charge in [0.05, 0.1) is 6.10 Å². The number of aromatic hydroxyl groups is 1. The van der Waals surface area contributed by atoms with Crippen molar-refractivity contribution in [2.75, 3.05) is 6.54 Å². The Bertz CT molecular complexity index is 772. The third-order valence-corrected chi connectivity index (χ3v) is 5.70. The van der Waals surface area contributed by atoms with Crippen LogP contribution in [0.1, 0.15) is 36.1 Å². The molecular formula is C21H23NO2S2. The van der Waals surface area contributed by atoms with Crippen molar-refractivity contribution in [3.8, 4) is 5.75 Å². The van der Waals surface area contributed by atoms with Crippen molar-refractivity contribution >= 4 is 28.2 Å². The van der Waals surface area contributed by atoms with Gasteiger partial charge in [0, 0.05) is 6.04 Å². The van der Waals surface area contributed by atoms with E-state index in [9.17, 15) is 10.2 Å². The molecule has 2 aromatic heterocycles. The van der Waals surface area contributed by atoms with Gasteiger partial charge in [-0.25, -0.2) is 0 Å². The molecule has 0 saturated carbocycles. The lowest BCUT2D eigenvalue weighted by Crippen LogP contribution is -2.32. The number of rotatable bonds is 8. The fourth-order valence-corrected chi connectivity index (χ4v) is 4.15. The van der Waals surface area contributed by atoms with Crippen molar-refractivity contribution in [1.82, 2.24) is 5.32 Å². The average molecular weight is 386 g/mol. The second-order valence-electron chi connectivity index (χ2n) is 6.21. The van der Waals surface area contributed by atoms with Crippen LogP contribution in [-0.4, -0.2) is 22.8 Å². The molecular weight excluding hydrogens is 362 g/mol. The summed E-state index contributed by atoms with van der Waals surface area (Å²) in [5, 5.41) is 31.7. The summed E-state index contributed by atoms with van der Waals surface area (Å²) in [4.78, 5) is 0. The first kappa shape index (κ1) is 18.9. The van der Waals surface area contributed by atoms with Gasteiger partial charge in [0.25, 0.3) is 0 Å². The third-order valence-electron chi connectivity index (χ3n) is 4.33. The summed E-state index contributed by atoms with van der Waals surface area (Å²) in [6.45, 7) is 2.76. The van der Waals surface area contributed by atoms with Gasteiger partial charge >= 0.3 is 0 Å². The Morgan fingerprint density at radius 3 is 2.19 bits per heavy atom. The van der Waals surface area contributed by atoms with E-state index in [-0.39, 0.29) is 11.8 Å². The maximum absolute atomic E-state index is 10.4. The van der Waals surface area contributed by atoms with Crippen molar-refractivity contribution < 1.29 is 10.2 Å². The van der Waals surface area contributed by atoms with Crippen LogP contribution in [0.2, 0.25) is 0 Å². The lowest BCUT2D eigenvalue weighted by Gasteiger charge is -2.20. The summed E-state index contributed by atoms with van der Waals surface area (Å²) in [5.74, 6) is 0.209. The van der Waals surface area contributed by atoms with Crippen LogP contribution in [0.4, 0.5) is 0 Å². The minimum absolute atomic E-state index is 0.0707. The molecule has 136 valence electrons. The average Bonchev–Trinajstić information content (AvgIpc) is 3.36. The Kier molecular flexibility index (Phi) is 6.63. The molecule has 0 amide bonds. The maximum atomic E-state index is 10.4. The number of benzene rings is 1. The molecule has 3 N–H and O–H groups in total. The number of nitrogens with one attached hydrogen (secondary N) is 1. The SMILES string of the molecule is CC(NCCC=C(c1ccsc1)c1ccsc1)C(O)c1ccc(O)cc1. The predicted octanol–water partition coefficient (Wildman–Crippen LogP) is 5.05. The van der Waals surface area contributed by atoms with Gasteiger partial charge in [-0.1, -0.05) is 18.2 Å². The Hall–Kier alpha value is -1.92. The molecule has 0 bridgehead atoms. The van der Waals surface area contributed by atoms with E-state index in [2.05, 4.69) is 45.0 Å². The highest BCUT2D eigenvalue weighted by Crippen LogP contribution is 2.27. The van der Waals surface area contributed by atoms with E-state index in [0.717, 1.165) is 18.5 Å². The second kappa shape index (κ2) is 9.14. The fraction of sp³-hybridized carbons (Fsp3) is 0.238. The number of phenols is 1. The zero-order valence-corrected chi connectivity index (χ0v) is 16.3. The Morgan fingerprint density at radius 2 is 1.65 bits per heavy atom. The number of phenolic OH excluding ortho intramolecular Hbond substituents is 1. The zero-order chi connectivity index (χ0) is 18.4. The third kappa shape index (κ3) is 4.83. The molecule has 3 aromatic rings. The number of aliphatic hydroxyl groups excluding tert-OH is 1. The highest BCUT2D eigenvalue weighted by atomic mass is 32.1. The molecule has 0 fully saturated rings. The molecule has 0 spiro atoms. The van der Waals surface area contributed by atoms with Crippen molar-refractivity contribution in [2.24, 2.45) is 0 Å². The highest BCUT2D eigenvalue weighted by molar-refractivity contribution is 7.08. The normalized spacial score (nSPS) is 13.3. The maximum Gasteiger partial charge on any atom is 0.115 e. The van der Waals surface area contributed by atoms with E-state index in [4.69, 9.17) is 0 Å². The fourth-order valence-electron chi connectivity index (χ4n) is 2.84. The topological polar surface area (TPSA) is 52.5 Å². The molecule has 3 nitrogen and oxygen atoms in total.